The summed E-state index contributed by atoms with van der Waals surface area (Å²) in [5, 5.41) is 6.48. The predicted octanol–water partition coefficient (Wildman–Crippen LogP) is 4.61. The van der Waals surface area contributed by atoms with Crippen LogP contribution in [0.5, 0.6) is 5.75 Å². The molecule has 3 aromatic rings. The lowest BCUT2D eigenvalue weighted by atomic mass is 10.1. The summed E-state index contributed by atoms with van der Waals surface area (Å²) < 4.78 is 5.17. The molecule has 0 fully saturated rings. The lowest BCUT2D eigenvalue weighted by molar-refractivity contribution is 0.415. The Balaban J connectivity index is 1.90. The Morgan fingerprint density at radius 1 is 1.10 bits per heavy atom. The van der Waals surface area contributed by atoms with E-state index in [1.807, 2.05) is 35.7 Å². The third-order valence-corrected chi connectivity index (χ3v) is 3.90. The van der Waals surface area contributed by atoms with Crippen LogP contribution in [0.15, 0.2) is 48.1 Å². The highest BCUT2D eigenvalue weighted by atomic mass is 35.5. The smallest absolute Gasteiger partial charge is 0.188 e. The summed E-state index contributed by atoms with van der Waals surface area (Å²) in [5.74, 6) is 1.41. The first kappa shape index (κ1) is 13.9. The Kier molecular flexibility index (Phi) is 4.03. The SMILES string of the molecule is COc1ccc(-c2ccnc(Nc3nccs3)c2)cc1Cl. The van der Waals surface area contributed by atoms with Gasteiger partial charge in [-0.2, -0.15) is 0 Å². The van der Waals surface area contributed by atoms with Crippen molar-refractivity contribution in [1.29, 1.82) is 0 Å². The summed E-state index contributed by atoms with van der Waals surface area (Å²) in [6, 6.07) is 9.59. The quantitative estimate of drug-likeness (QED) is 0.763. The highest BCUT2D eigenvalue weighted by molar-refractivity contribution is 7.13. The molecule has 0 aliphatic heterocycles. The number of anilines is 2. The maximum absolute atomic E-state index is 6.17. The number of aromatic nitrogens is 2. The van der Waals surface area contributed by atoms with E-state index in [0.717, 1.165) is 22.1 Å². The Labute approximate surface area is 131 Å². The van der Waals surface area contributed by atoms with Gasteiger partial charge < -0.3 is 10.1 Å². The minimum absolute atomic E-state index is 0.584. The van der Waals surface area contributed by atoms with Crippen molar-refractivity contribution in [3.05, 3.63) is 53.1 Å². The number of benzene rings is 1. The van der Waals surface area contributed by atoms with Gasteiger partial charge in [-0.3, -0.25) is 0 Å². The van der Waals surface area contributed by atoms with Crippen molar-refractivity contribution in [1.82, 2.24) is 9.97 Å². The van der Waals surface area contributed by atoms with E-state index in [0.29, 0.717) is 10.8 Å². The summed E-state index contributed by atoms with van der Waals surface area (Å²) in [6.45, 7) is 0. The predicted molar refractivity (Wildman–Crippen MR) is 86.6 cm³/mol. The third kappa shape index (κ3) is 3.15. The summed E-state index contributed by atoms with van der Waals surface area (Å²) in [7, 11) is 1.60. The molecule has 6 heteroatoms. The maximum atomic E-state index is 6.17. The molecule has 0 amide bonds. The molecule has 0 atom stereocenters. The zero-order valence-corrected chi connectivity index (χ0v) is 12.8. The van der Waals surface area contributed by atoms with Gasteiger partial charge in [0.1, 0.15) is 11.6 Å². The molecule has 0 radical (unpaired) electrons. The van der Waals surface area contributed by atoms with Gasteiger partial charge in [0.15, 0.2) is 5.13 Å². The molecule has 0 saturated heterocycles. The highest BCUT2D eigenvalue weighted by Gasteiger charge is 2.06. The summed E-state index contributed by atoms with van der Waals surface area (Å²) in [4.78, 5) is 8.47. The van der Waals surface area contributed by atoms with Gasteiger partial charge in [0.25, 0.3) is 0 Å². The standard InChI is InChI=1S/C15H12ClN3OS/c1-20-13-3-2-10(8-12(13)16)11-4-5-17-14(9-11)19-15-18-6-7-21-15/h2-9H,1H3,(H,17,18,19). The molecule has 2 heterocycles. The number of nitrogens with one attached hydrogen (secondary N) is 1. The number of nitrogens with zero attached hydrogens (tertiary/aromatic N) is 2. The number of ether oxygens (including phenoxy) is 1. The van der Waals surface area contributed by atoms with Crippen molar-refractivity contribution in [2.45, 2.75) is 0 Å². The minimum Gasteiger partial charge on any atom is -0.495 e. The Morgan fingerprint density at radius 2 is 1.95 bits per heavy atom. The van der Waals surface area contributed by atoms with Gasteiger partial charge in [-0.1, -0.05) is 17.7 Å². The van der Waals surface area contributed by atoms with Gasteiger partial charge in [-0.25, -0.2) is 9.97 Å². The molecule has 0 aliphatic rings. The van der Waals surface area contributed by atoms with Crippen molar-refractivity contribution in [3.63, 3.8) is 0 Å². The fourth-order valence-corrected chi connectivity index (χ4v) is 2.71. The van der Waals surface area contributed by atoms with Crippen molar-refractivity contribution in [2.75, 3.05) is 12.4 Å². The molecule has 0 aliphatic carbocycles. The number of thiazole rings is 1. The maximum Gasteiger partial charge on any atom is 0.188 e. The van der Waals surface area contributed by atoms with Crippen LogP contribution in [0.2, 0.25) is 5.02 Å². The second-order valence-corrected chi connectivity index (χ2v) is 5.54. The molecule has 106 valence electrons. The zero-order chi connectivity index (χ0) is 14.7. The first-order valence-corrected chi connectivity index (χ1v) is 7.48. The fourth-order valence-electron chi connectivity index (χ4n) is 1.92. The van der Waals surface area contributed by atoms with Gasteiger partial charge in [0.05, 0.1) is 12.1 Å². The molecule has 0 unspecified atom stereocenters. The van der Waals surface area contributed by atoms with E-state index in [9.17, 15) is 0 Å². The van der Waals surface area contributed by atoms with E-state index in [2.05, 4.69) is 15.3 Å². The van der Waals surface area contributed by atoms with E-state index in [4.69, 9.17) is 16.3 Å². The summed E-state index contributed by atoms with van der Waals surface area (Å²) >= 11 is 7.70. The molecule has 0 bridgehead atoms. The number of hydrogen-bond acceptors (Lipinski definition) is 5. The van der Waals surface area contributed by atoms with E-state index in [1.165, 1.54) is 11.3 Å². The molecule has 21 heavy (non-hydrogen) atoms. The van der Waals surface area contributed by atoms with Crippen LogP contribution in [-0.2, 0) is 0 Å². The van der Waals surface area contributed by atoms with E-state index >= 15 is 0 Å². The van der Waals surface area contributed by atoms with Crippen molar-refractivity contribution in [3.8, 4) is 16.9 Å². The molecular formula is C15H12ClN3OS. The van der Waals surface area contributed by atoms with E-state index in [-0.39, 0.29) is 0 Å². The van der Waals surface area contributed by atoms with Gasteiger partial charge in [0, 0.05) is 17.8 Å². The van der Waals surface area contributed by atoms with Crippen molar-refractivity contribution in [2.24, 2.45) is 0 Å². The number of halogens is 1. The first-order chi connectivity index (χ1) is 10.3. The molecule has 2 aromatic heterocycles. The summed E-state index contributed by atoms with van der Waals surface area (Å²) in [6.07, 6.45) is 3.50. The highest BCUT2D eigenvalue weighted by Crippen LogP contribution is 2.31. The Hall–Kier alpha value is -2.11. The Bertz CT molecular complexity index is 746. The number of pyridine rings is 1. The van der Waals surface area contributed by atoms with Crippen LogP contribution in [0.4, 0.5) is 10.9 Å². The third-order valence-electron chi connectivity index (χ3n) is 2.91. The second-order valence-electron chi connectivity index (χ2n) is 4.24. The second kappa shape index (κ2) is 6.11. The molecule has 1 N–H and O–H groups in total. The topological polar surface area (TPSA) is 47.0 Å². The average Bonchev–Trinajstić information content (AvgIpc) is 3.00. The van der Waals surface area contributed by atoms with Crippen molar-refractivity contribution >= 4 is 33.9 Å². The zero-order valence-electron chi connectivity index (χ0n) is 11.2. The molecule has 4 nitrogen and oxygen atoms in total. The lowest BCUT2D eigenvalue weighted by Gasteiger charge is -2.08. The van der Waals surface area contributed by atoms with Crippen LogP contribution in [0, 0.1) is 0 Å². The van der Waals surface area contributed by atoms with Gasteiger partial charge in [0.2, 0.25) is 0 Å². The average molecular weight is 318 g/mol. The monoisotopic (exact) mass is 317 g/mol. The Morgan fingerprint density at radius 3 is 2.67 bits per heavy atom. The van der Waals surface area contributed by atoms with Gasteiger partial charge in [-0.05, 0) is 35.4 Å². The molecule has 1 aromatic carbocycles. The molecule has 3 rings (SSSR count). The van der Waals surface area contributed by atoms with Crippen LogP contribution in [-0.4, -0.2) is 17.1 Å². The van der Waals surface area contributed by atoms with E-state index < -0.39 is 0 Å². The number of rotatable bonds is 4. The summed E-state index contributed by atoms with van der Waals surface area (Å²) in [5.41, 5.74) is 2.03. The number of methoxy groups -OCH3 is 1. The van der Waals surface area contributed by atoms with Crippen LogP contribution >= 0.6 is 22.9 Å². The minimum atomic E-state index is 0.584. The van der Waals surface area contributed by atoms with Crippen LogP contribution in [0.25, 0.3) is 11.1 Å². The molecular weight excluding hydrogens is 306 g/mol. The molecule has 0 saturated carbocycles. The van der Waals surface area contributed by atoms with Crippen LogP contribution < -0.4 is 10.1 Å². The van der Waals surface area contributed by atoms with E-state index in [1.54, 1.807) is 19.5 Å². The lowest BCUT2D eigenvalue weighted by Crippen LogP contribution is -1.93. The fraction of sp³-hybridized carbons (Fsp3) is 0.0667. The number of hydrogen-bond donors (Lipinski definition) is 1. The van der Waals surface area contributed by atoms with Gasteiger partial charge >= 0.3 is 0 Å². The van der Waals surface area contributed by atoms with Crippen LogP contribution in [0.3, 0.4) is 0 Å². The van der Waals surface area contributed by atoms with Gasteiger partial charge in [-0.15, -0.1) is 11.3 Å². The molecule has 0 spiro atoms. The van der Waals surface area contributed by atoms with Crippen LogP contribution in [0.1, 0.15) is 0 Å². The first-order valence-electron chi connectivity index (χ1n) is 6.23. The van der Waals surface area contributed by atoms with Crippen molar-refractivity contribution < 1.29 is 4.74 Å². The normalized spacial score (nSPS) is 10.4. The largest absolute Gasteiger partial charge is 0.495 e.